The summed E-state index contributed by atoms with van der Waals surface area (Å²) in [6, 6.07) is 9.93. The fraction of sp³-hybridized carbons (Fsp3) is 0.490. The third kappa shape index (κ3) is 10.2. The van der Waals surface area contributed by atoms with Gasteiger partial charge in [0, 0.05) is 80.8 Å². The maximum atomic E-state index is 14.6. The maximum absolute atomic E-state index is 14.6. The minimum atomic E-state index is -2.07. The van der Waals surface area contributed by atoms with Crippen LogP contribution in [0.4, 0.5) is 5.69 Å². The largest absolute Gasteiger partial charge is 0.507 e. The molecule has 0 spiro atoms. The number of ether oxygens (including phenoxy) is 4. The zero-order valence-corrected chi connectivity index (χ0v) is 40.2. The number of allylic oxidation sites excluding steroid dienone is 2. The molecule has 3 aromatic carbocycles. The second-order valence-corrected chi connectivity index (χ2v) is 18.6. The third-order valence-electron chi connectivity index (χ3n) is 13.6. The van der Waals surface area contributed by atoms with Gasteiger partial charge in [0.25, 0.3) is 11.7 Å². The monoisotopic (exact) mass is 926 g/mol. The smallest absolute Gasteiger partial charge is 0.312 e. The van der Waals surface area contributed by atoms with E-state index in [0.717, 1.165) is 6.54 Å². The van der Waals surface area contributed by atoms with Crippen molar-refractivity contribution in [2.75, 3.05) is 25.5 Å². The summed E-state index contributed by atoms with van der Waals surface area (Å²) in [4.78, 5) is 43.4. The molecule has 1 amide bonds. The number of aliphatic hydroxyl groups excluding tert-OH is 2. The Labute approximate surface area is 392 Å². The molecule has 7 rings (SSSR count). The molecule has 16 nitrogen and oxygen atoms in total. The molecule has 4 aliphatic heterocycles. The van der Waals surface area contributed by atoms with E-state index in [-0.39, 0.29) is 56.6 Å². The zero-order chi connectivity index (χ0) is 49.2. The van der Waals surface area contributed by atoms with Crippen LogP contribution in [-0.2, 0) is 30.3 Å². The van der Waals surface area contributed by atoms with Crippen LogP contribution in [0.5, 0.6) is 23.0 Å². The number of rotatable bonds is 6. The Morgan fingerprint density at radius 1 is 0.910 bits per heavy atom. The first-order valence-electron chi connectivity index (χ1n) is 22.8. The van der Waals surface area contributed by atoms with E-state index in [1.807, 2.05) is 37.1 Å². The van der Waals surface area contributed by atoms with E-state index in [2.05, 4.69) is 22.3 Å². The van der Waals surface area contributed by atoms with Crippen LogP contribution < -0.4 is 10.1 Å². The van der Waals surface area contributed by atoms with Gasteiger partial charge in [-0.25, -0.2) is 0 Å². The lowest BCUT2D eigenvalue weighted by molar-refractivity contribution is -0.160. The number of Topliss-reactive ketones (excluding diaryl/α,β-unsaturated/α-hetero) is 1. The maximum Gasteiger partial charge on any atom is 0.312 e. The van der Waals surface area contributed by atoms with Crippen molar-refractivity contribution in [3.8, 4) is 23.0 Å². The Kier molecular flexibility index (Phi) is 15.5. The minimum Gasteiger partial charge on any atom is -0.507 e. The van der Waals surface area contributed by atoms with Crippen LogP contribution in [0.25, 0.3) is 10.8 Å². The lowest BCUT2D eigenvalue weighted by atomic mass is 9.78. The van der Waals surface area contributed by atoms with Gasteiger partial charge in [-0.3, -0.25) is 24.3 Å². The highest BCUT2D eigenvalue weighted by molar-refractivity contribution is 6.23. The molecule has 3 aromatic rings. The van der Waals surface area contributed by atoms with Crippen LogP contribution in [0.15, 0.2) is 71.6 Å². The number of aliphatic hydroxyl groups is 2. The number of carbonyl (C=O) groups excluding carboxylic acids is 3. The van der Waals surface area contributed by atoms with Crippen LogP contribution in [0.1, 0.15) is 89.4 Å². The molecule has 67 heavy (non-hydrogen) atoms. The molecule has 1 saturated heterocycles. The Morgan fingerprint density at radius 3 is 2.19 bits per heavy atom. The summed E-state index contributed by atoms with van der Waals surface area (Å²) in [7, 11) is 1.44. The van der Waals surface area contributed by atoms with Crippen LogP contribution in [0, 0.1) is 30.6 Å². The second-order valence-electron chi connectivity index (χ2n) is 18.6. The van der Waals surface area contributed by atoms with E-state index in [1.54, 1.807) is 39.8 Å². The molecule has 1 fully saturated rings. The molecular formula is C51H66N4O12. The number of anilines is 1. The van der Waals surface area contributed by atoms with Crippen molar-refractivity contribution in [3.63, 3.8) is 0 Å². The summed E-state index contributed by atoms with van der Waals surface area (Å²) < 4.78 is 23.8. The first-order valence-corrected chi connectivity index (χ1v) is 22.8. The Morgan fingerprint density at radius 2 is 1.57 bits per heavy atom. The fourth-order valence-electron chi connectivity index (χ4n) is 9.62. The number of benzene rings is 3. The fourth-order valence-corrected chi connectivity index (χ4v) is 9.62. The number of ketones is 1. The molecule has 0 aliphatic carbocycles. The van der Waals surface area contributed by atoms with Crippen molar-refractivity contribution in [3.05, 3.63) is 88.7 Å². The molecule has 362 valence electrons. The zero-order valence-electron chi connectivity index (χ0n) is 40.2. The number of hydrogen-bond donors (Lipinski definition) is 6. The average Bonchev–Trinajstić information content (AvgIpc) is 3.55. The molecule has 11 atom stereocenters. The van der Waals surface area contributed by atoms with Gasteiger partial charge in [-0.1, -0.05) is 76.3 Å². The molecule has 2 unspecified atom stereocenters. The lowest BCUT2D eigenvalue weighted by Gasteiger charge is -2.42. The van der Waals surface area contributed by atoms with Gasteiger partial charge in [0.1, 0.15) is 23.4 Å². The SMILES string of the molecule is CO[C@H]1/C=C/O[C@@]2(C)Oc3c(C)c(O)c4c(O)c(c(C=NN5C(C)CN(Cc6ccccc6)CC5C)c(O)c4c3C2=O)NC(=O)/C(C)=C\C=C\[C@H](C)[C@H](O)[C@@H](C)[C@@H](O)[C@H](C)[C@H](OC(C)=O)[C@H]1C. The van der Waals surface area contributed by atoms with Crippen molar-refractivity contribution in [1.29, 1.82) is 0 Å². The molecule has 0 aromatic heterocycles. The number of phenols is 3. The molecule has 16 heteroatoms. The highest BCUT2D eigenvalue weighted by Crippen LogP contribution is 2.55. The van der Waals surface area contributed by atoms with Gasteiger partial charge in [-0.05, 0) is 39.3 Å². The number of hydrazone groups is 1. The molecular weight excluding hydrogens is 861 g/mol. The summed E-state index contributed by atoms with van der Waals surface area (Å²) >= 11 is 0. The predicted molar refractivity (Wildman–Crippen MR) is 254 cm³/mol. The van der Waals surface area contributed by atoms with Gasteiger partial charge in [-0.15, -0.1) is 0 Å². The number of esters is 1. The van der Waals surface area contributed by atoms with Gasteiger partial charge in [0.15, 0.2) is 5.75 Å². The standard InChI is InChI=1S/C51H66N4O12/c1-26-16-15-17-27(2)50(63)53-41-36(22-52-55-28(3)23-54(24-29(55)4)25-35-18-13-12-14-19-35)45(60)38-39(46(41)61)44(59)33(8)48-40(38)49(62)51(10,67-48)65-21-20-37(64-11)30(5)47(66-34(9)56)32(7)43(58)31(6)42(26)57/h12-22,26,28-32,37,42-43,47,57-61H,23-25H2,1-11H3,(H,53,63)/b16-15+,21-20+,27-17-,52-22?/t26-,28?,29?,30-,31+,32-,37-,42-,43+,47+,51-/m0/s1. The summed E-state index contributed by atoms with van der Waals surface area (Å²) in [5.74, 6) is -8.46. The molecule has 4 aliphatic rings. The predicted octanol–water partition coefficient (Wildman–Crippen LogP) is 6.68. The quantitative estimate of drug-likeness (QED) is 0.0658. The van der Waals surface area contributed by atoms with E-state index >= 15 is 0 Å². The van der Waals surface area contributed by atoms with E-state index in [4.69, 9.17) is 24.0 Å². The van der Waals surface area contributed by atoms with Gasteiger partial charge in [0.2, 0.25) is 0 Å². The second kappa shape index (κ2) is 20.5. The van der Waals surface area contributed by atoms with Gasteiger partial charge in [0.05, 0.1) is 65.1 Å². The Balaban J connectivity index is 1.49. The molecule has 0 radical (unpaired) electrons. The summed E-state index contributed by atoms with van der Waals surface area (Å²) in [6.45, 7) is 18.7. The van der Waals surface area contributed by atoms with Crippen LogP contribution >= 0.6 is 0 Å². The van der Waals surface area contributed by atoms with Gasteiger partial charge in [-0.2, -0.15) is 5.10 Å². The third-order valence-corrected chi connectivity index (χ3v) is 13.6. The summed E-state index contributed by atoms with van der Waals surface area (Å²) in [5, 5.41) is 68.1. The van der Waals surface area contributed by atoms with Crippen molar-refractivity contribution >= 4 is 40.3 Å². The van der Waals surface area contributed by atoms with E-state index in [1.165, 1.54) is 65.0 Å². The number of nitrogens with zero attached hydrogens (tertiary/aromatic N) is 3. The Bertz CT molecular complexity index is 2460. The van der Waals surface area contributed by atoms with Gasteiger partial charge >= 0.3 is 11.8 Å². The summed E-state index contributed by atoms with van der Waals surface area (Å²) in [6.07, 6.45) is 4.88. The minimum absolute atomic E-state index is 0.0500. The number of nitrogens with one attached hydrogen (secondary N) is 1. The number of fused-ring (bicyclic) bond motifs is 14. The van der Waals surface area contributed by atoms with Crippen LogP contribution in [0.2, 0.25) is 0 Å². The average molecular weight is 927 g/mol. The molecule has 4 heterocycles. The number of aromatic hydroxyl groups is 3. The number of carbonyl (C=O) groups is 3. The summed E-state index contributed by atoms with van der Waals surface area (Å²) in [5.41, 5.74) is 0.785. The number of piperazine rings is 1. The molecule has 5 bridgehead atoms. The number of phenolic OH excluding ortho intramolecular Hbond substituents is 3. The van der Waals surface area contributed by atoms with Crippen LogP contribution in [-0.4, -0.2) is 122 Å². The molecule has 6 N–H and O–H groups in total. The topological polar surface area (TPSA) is 220 Å². The van der Waals surface area contributed by atoms with Crippen molar-refractivity contribution in [1.82, 2.24) is 9.91 Å². The highest BCUT2D eigenvalue weighted by Gasteiger charge is 2.50. The van der Waals surface area contributed by atoms with Crippen LogP contribution in [0.3, 0.4) is 0 Å². The van der Waals surface area contributed by atoms with Gasteiger partial charge < -0.3 is 49.8 Å². The number of amides is 1. The molecule has 0 saturated carbocycles. The van der Waals surface area contributed by atoms with E-state index < -0.39 is 88.8 Å². The lowest BCUT2D eigenvalue weighted by Crippen LogP contribution is -2.54. The van der Waals surface area contributed by atoms with Crippen molar-refractivity contribution < 1.29 is 58.9 Å². The Hall–Kier alpha value is -5.94. The van der Waals surface area contributed by atoms with Crippen molar-refractivity contribution in [2.24, 2.45) is 28.8 Å². The van der Waals surface area contributed by atoms with E-state index in [0.29, 0.717) is 13.1 Å². The first kappa shape index (κ1) is 50.5. The van der Waals surface area contributed by atoms with Crippen molar-refractivity contribution in [2.45, 2.75) is 118 Å². The van der Waals surface area contributed by atoms with E-state index in [9.17, 15) is 39.9 Å². The number of hydrogen-bond acceptors (Lipinski definition) is 15. The normalized spacial score (nSPS) is 31.8. The first-order chi connectivity index (χ1) is 31.6. The highest BCUT2D eigenvalue weighted by atomic mass is 16.7. The number of methoxy groups -OCH3 is 1.